The van der Waals surface area contributed by atoms with Crippen molar-refractivity contribution < 1.29 is 14.7 Å². The number of aliphatic hydroxyl groups excluding tert-OH is 1. The van der Waals surface area contributed by atoms with E-state index in [0.717, 1.165) is 29.2 Å². The molecule has 0 bridgehead atoms. The number of carbonyl (C=O) groups is 1. The van der Waals surface area contributed by atoms with Crippen LogP contribution in [0.15, 0.2) is 30.5 Å². The van der Waals surface area contributed by atoms with E-state index in [-0.39, 0.29) is 12.5 Å². The fraction of sp³-hybridized carbons (Fsp3) is 0.444. The maximum atomic E-state index is 12.2. The van der Waals surface area contributed by atoms with Crippen molar-refractivity contribution in [3.8, 4) is 11.3 Å². The Morgan fingerprint density at radius 2 is 2.04 bits per heavy atom. The second kappa shape index (κ2) is 8.08. The largest absolute Gasteiger partial charge is 0.396 e. The van der Waals surface area contributed by atoms with Gasteiger partial charge in [-0.05, 0) is 24.3 Å². The van der Waals surface area contributed by atoms with Crippen LogP contribution >= 0.6 is 0 Å². The number of hydrogen-bond acceptors (Lipinski definition) is 4. The van der Waals surface area contributed by atoms with Gasteiger partial charge in [-0.3, -0.25) is 9.63 Å². The highest BCUT2D eigenvalue weighted by molar-refractivity contribution is 5.90. The van der Waals surface area contributed by atoms with Gasteiger partial charge in [0.2, 0.25) is 5.82 Å². The van der Waals surface area contributed by atoms with Gasteiger partial charge in [0.05, 0.1) is 12.8 Å². The van der Waals surface area contributed by atoms with E-state index in [9.17, 15) is 4.79 Å². The average molecular weight is 331 g/mol. The SMILES string of the molecule is CON(C)C(=O)c1nc(-c2ccc(C[C@H](C)CCO)cc2)cn1C. The first-order valence-electron chi connectivity index (χ1n) is 8.02. The number of aryl methyl sites for hydroxylation is 1. The fourth-order valence-electron chi connectivity index (χ4n) is 2.56. The van der Waals surface area contributed by atoms with Gasteiger partial charge < -0.3 is 9.67 Å². The monoisotopic (exact) mass is 331 g/mol. The minimum atomic E-state index is -0.291. The topological polar surface area (TPSA) is 67.6 Å². The molecule has 1 aromatic carbocycles. The molecule has 1 aromatic heterocycles. The number of nitrogens with zero attached hydrogens (tertiary/aromatic N) is 3. The summed E-state index contributed by atoms with van der Waals surface area (Å²) in [6.07, 6.45) is 3.58. The van der Waals surface area contributed by atoms with E-state index in [1.165, 1.54) is 12.7 Å². The van der Waals surface area contributed by atoms with Crippen LogP contribution in [0, 0.1) is 5.92 Å². The first-order valence-corrected chi connectivity index (χ1v) is 8.02. The molecule has 0 fully saturated rings. The standard InChI is InChI=1S/C18H25N3O3/c1-13(9-10-22)11-14-5-7-15(8-6-14)16-12-20(2)17(19-16)18(23)21(3)24-4/h5-8,12-13,22H,9-11H2,1-4H3/t13-/m1/s1. The second-order valence-electron chi connectivity index (χ2n) is 6.06. The molecule has 0 aliphatic heterocycles. The third-order valence-electron chi connectivity index (χ3n) is 4.08. The molecule has 130 valence electrons. The molecule has 6 nitrogen and oxygen atoms in total. The van der Waals surface area contributed by atoms with Gasteiger partial charge in [0.1, 0.15) is 0 Å². The summed E-state index contributed by atoms with van der Waals surface area (Å²) in [4.78, 5) is 21.5. The molecule has 0 saturated heterocycles. The number of hydroxylamine groups is 2. The number of hydrogen-bond donors (Lipinski definition) is 1. The molecule has 2 rings (SSSR count). The van der Waals surface area contributed by atoms with E-state index in [2.05, 4.69) is 24.0 Å². The first-order chi connectivity index (χ1) is 11.5. The van der Waals surface area contributed by atoms with Crippen molar-refractivity contribution >= 4 is 5.91 Å². The lowest BCUT2D eigenvalue weighted by Gasteiger charge is -2.12. The Morgan fingerprint density at radius 3 is 2.62 bits per heavy atom. The zero-order valence-corrected chi connectivity index (χ0v) is 14.7. The smallest absolute Gasteiger partial charge is 0.313 e. The van der Waals surface area contributed by atoms with Crippen LogP contribution in [0.25, 0.3) is 11.3 Å². The molecule has 0 aliphatic rings. The molecule has 0 radical (unpaired) electrons. The molecule has 1 amide bonds. The van der Waals surface area contributed by atoms with Gasteiger partial charge >= 0.3 is 5.91 Å². The third kappa shape index (κ3) is 4.21. The Balaban J connectivity index is 2.16. The number of aliphatic hydroxyl groups is 1. The minimum Gasteiger partial charge on any atom is -0.396 e. The highest BCUT2D eigenvalue weighted by Crippen LogP contribution is 2.21. The van der Waals surface area contributed by atoms with E-state index >= 15 is 0 Å². The van der Waals surface area contributed by atoms with Crippen molar-refractivity contribution in [3.63, 3.8) is 0 Å². The minimum absolute atomic E-state index is 0.222. The maximum Gasteiger partial charge on any atom is 0.313 e. The summed E-state index contributed by atoms with van der Waals surface area (Å²) in [7, 11) is 4.79. The summed E-state index contributed by atoms with van der Waals surface area (Å²) >= 11 is 0. The summed E-state index contributed by atoms with van der Waals surface area (Å²) < 4.78 is 1.70. The van der Waals surface area contributed by atoms with Crippen LogP contribution in [0.2, 0.25) is 0 Å². The van der Waals surface area contributed by atoms with Crippen LogP contribution in [0.1, 0.15) is 29.5 Å². The van der Waals surface area contributed by atoms with Crippen molar-refractivity contribution in [2.75, 3.05) is 20.8 Å². The quantitative estimate of drug-likeness (QED) is 0.791. The van der Waals surface area contributed by atoms with Gasteiger partial charge in [0, 0.05) is 32.5 Å². The van der Waals surface area contributed by atoms with Gasteiger partial charge in [-0.1, -0.05) is 31.2 Å². The predicted octanol–water partition coefficient (Wildman–Crippen LogP) is 2.28. The number of imidazole rings is 1. The molecule has 1 heterocycles. The van der Waals surface area contributed by atoms with Crippen molar-refractivity contribution in [1.82, 2.24) is 14.6 Å². The van der Waals surface area contributed by atoms with Crippen LogP contribution < -0.4 is 0 Å². The zero-order chi connectivity index (χ0) is 17.7. The van der Waals surface area contributed by atoms with Crippen LogP contribution in [-0.4, -0.2) is 46.4 Å². The number of benzene rings is 1. The lowest BCUT2D eigenvalue weighted by molar-refractivity contribution is -0.0766. The number of rotatable bonds is 7. The molecular formula is C18H25N3O3. The fourth-order valence-corrected chi connectivity index (χ4v) is 2.56. The number of amides is 1. The number of aromatic nitrogens is 2. The zero-order valence-electron chi connectivity index (χ0n) is 14.7. The second-order valence-corrected chi connectivity index (χ2v) is 6.06. The summed E-state index contributed by atoms with van der Waals surface area (Å²) in [5, 5.41) is 10.1. The summed E-state index contributed by atoms with van der Waals surface area (Å²) in [6, 6.07) is 8.16. The first kappa shape index (κ1) is 18.2. The Morgan fingerprint density at radius 1 is 1.38 bits per heavy atom. The molecular weight excluding hydrogens is 306 g/mol. The Labute approximate surface area is 142 Å². The van der Waals surface area contributed by atoms with Gasteiger partial charge in [-0.2, -0.15) is 0 Å². The molecule has 24 heavy (non-hydrogen) atoms. The normalized spacial score (nSPS) is 12.2. The van der Waals surface area contributed by atoms with Gasteiger partial charge in [0.25, 0.3) is 0 Å². The molecule has 0 aliphatic carbocycles. The molecule has 1 atom stereocenters. The van der Waals surface area contributed by atoms with Crippen molar-refractivity contribution in [1.29, 1.82) is 0 Å². The lowest BCUT2D eigenvalue weighted by atomic mass is 9.97. The molecule has 0 unspecified atom stereocenters. The van der Waals surface area contributed by atoms with Crippen LogP contribution in [0.4, 0.5) is 0 Å². The van der Waals surface area contributed by atoms with Gasteiger partial charge in [-0.25, -0.2) is 10.0 Å². The highest BCUT2D eigenvalue weighted by Gasteiger charge is 2.18. The molecule has 1 N–H and O–H groups in total. The molecule has 6 heteroatoms. The van der Waals surface area contributed by atoms with Crippen LogP contribution in [-0.2, 0) is 18.3 Å². The van der Waals surface area contributed by atoms with Gasteiger partial charge in [0.15, 0.2) is 0 Å². The Bertz CT molecular complexity index is 679. The molecule has 0 saturated carbocycles. The van der Waals surface area contributed by atoms with Crippen molar-refractivity contribution in [2.24, 2.45) is 13.0 Å². The summed E-state index contributed by atoms with van der Waals surface area (Å²) in [5.74, 6) is 0.486. The summed E-state index contributed by atoms with van der Waals surface area (Å²) in [6.45, 7) is 2.35. The van der Waals surface area contributed by atoms with Crippen molar-refractivity contribution in [3.05, 3.63) is 41.9 Å². The Kier molecular flexibility index (Phi) is 6.11. The maximum absolute atomic E-state index is 12.2. The van der Waals surface area contributed by atoms with Crippen molar-refractivity contribution in [2.45, 2.75) is 19.8 Å². The van der Waals surface area contributed by atoms with Gasteiger partial charge in [-0.15, -0.1) is 0 Å². The molecule has 2 aromatic rings. The lowest BCUT2D eigenvalue weighted by Crippen LogP contribution is -2.27. The Hall–Kier alpha value is -2.18. The highest BCUT2D eigenvalue weighted by atomic mass is 16.7. The van der Waals surface area contributed by atoms with E-state index in [0.29, 0.717) is 11.7 Å². The van der Waals surface area contributed by atoms with E-state index in [1.807, 2.05) is 18.3 Å². The summed E-state index contributed by atoms with van der Waals surface area (Å²) in [5.41, 5.74) is 2.94. The van der Waals surface area contributed by atoms with Crippen LogP contribution in [0.5, 0.6) is 0 Å². The molecule has 0 spiro atoms. The predicted molar refractivity (Wildman–Crippen MR) is 92.3 cm³/mol. The van der Waals surface area contributed by atoms with E-state index in [1.54, 1.807) is 18.7 Å². The number of carbonyl (C=O) groups excluding carboxylic acids is 1. The van der Waals surface area contributed by atoms with Crippen LogP contribution in [0.3, 0.4) is 0 Å². The third-order valence-corrected chi connectivity index (χ3v) is 4.08. The average Bonchev–Trinajstić information content (AvgIpc) is 2.96. The van der Waals surface area contributed by atoms with E-state index < -0.39 is 0 Å². The van der Waals surface area contributed by atoms with E-state index in [4.69, 9.17) is 9.94 Å².